The molecule has 2 heteroatoms. The van der Waals surface area contributed by atoms with Crippen molar-refractivity contribution in [3.63, 3.8) is 0 Å². The first-order valence-electron chi connectivity index (χ1n) is 6.91. The van der Waals surface area contributed by atoms with Gasteiger partial charge >= 0.3 is 0 Å². The molecule has 1 aliphatic heterocycles. The lowest BCUT2D eigenvalue weighted by atomic mass is 9.85. The second-order valence-electron chi connectivity index (χ2n) is 5.62. The number of benzene rings is 1. The maximum atomic E-state index is 5.85. The first-order valence-corrected chi connectivity index (χ1v) is 6.91. The predicted octanol–water partition coefficient (Wildman–Crippen LogP) is 3.03. The molecule has 0 bridgehead atoms. The third kappa shape index (κ3) is 2.32. The van der Waals surface area contributed by atoms with E-state index in [2.05, 4.69) is 23.1 Å². The molecule has 0 radical (unpaired) electrons. The normalized spacial score (nSPS) is 29.2. The van der Waals surface area contributed by atoms with Gasteiger partial charge in [-0.2, -0.15) is 0 Å². The number of anilines is 1. The summed E-state index contributed by atoms with van der Waals surface area (Å²) in [5.74, 6) is 0.977. The molecule has 1 saturated carbocycles. The van der Waals surface area contributed by atoms with Crippen LogP contribution >= 0.6 is 0 Å². The summed E-state index contributed by atoms with van der Waals surface area (Å²) in [6.07, 6.45) is 7.15. The summed E-state index contributed by atoms with van der Waals surface area (Å²) in [7, 11) is 0. The van der Waals surface area contributed by atoms with Crippen LogP contribution in [0.5, 0.6) is 0 Å². The zero-order valence-corrected chi connectivity index (χ0v) is 10.4. The molecule has 0 spiro atoms. The van der Waals surface area contributed by atoms with E-state index in [1.165, 1.54) is 44.2 Å². The maximum Gasteiger partial charge on any atom is 0.0317 e. The van der Waals surface area contributed by atoms with Gasteiger partial charge in [0.25, 0.3) is 0 Å². The van der Waals surface area contributed by atoms with Crippen molar-refractivity contribution in [3.8, 4) is 0 Å². The van der Waals surface area contributed by atoms with Crippen LogP contribution in [0.2, 0.25) is 0 Å². The van der Waals surface area contributed by atoms with Gasteiger partial charge in [-0.15, -0.1) is 0 Å². The highest BCUT2D eigenvalue weighted by Gasteiger charge is 2.35. The number of rotatable bonds is 2. The minimum atomic E-state index is 0.852. The van der Waals surface area contributed by atoms with Crippen LogP contribution in [0.3, 0.4) is 0 Å². The Kier molecular flexibility index (Phi) is 3.06. The van der Waals surface area contributed by atoms with E-state index in [-0.39, 0.29) is 0 Å². The van der Waals surface area contributed by atoms with E-state index in [0.29, 0.717) is 0 Å². The smallest absolute Gasteiger partial charge is 0.0317 e. The van der Waals surface area contributed by atoms with Gasteiger partial charge in [0.1, 0.15) is 0 Å². The van der Waals surface area contributed by atoms with E-state index in [1.54, 1.807) is 0 Å². The maximum absolute atomic E-state index is 5.85. The Hall–Kier alpha value is -1.02. The third-order valence-corrected chi connectivity index (χ3v) is 4.46. The van der Waals surface area contributed by atoms with E-state index >= 15 is 0 Å². The highest BCUT2D eigenvalue weighted by Crippen LogP contribution is 2.36. The highest BCUT2D eigenvalue weighted by atomic mass is 15.2. The highest BCUT2D eigenvalue weighted by molar-refractivity contribution is 5.40. The summed E-state index contributed by atoms with van der Waals surface area (Å²) in [4.78, 5) is 2.68. The molecule has 2 fully saturated rings. The summed E-state index contributed by atoms with van der Waals surface area (Å²) in [6.45, 7) is 2.37. The van der Waals surface area contributed by atoms with Crippen LogP contribution in [0.25, 0.3) is 0 Å². The number of hydrogen-bond acceptors (Lipinski definition) is 2. The molecule has 2 unspecified atom stereocenters. The number of fused-ring (bicyclic) bond motifs is 1. The van der Waals surface area contributed by atoms with Crippen molar-refractivity contribution in [1.29, 1.82) is 0 Å². The van der Waals surface area contributed by atoms with Crippen LogP contribution in [-0.2, 0) is 6.54 Å². The summed E-state index contributed by atoms with van der Waals surface area (Å²) < 4.78 is 0. The third-order valence-electron chi connectivity index (χ3n) is 4.46. The van der Waals surface area contributed by atoms with Crippen LogP contribution in [0.4, 0.5) is 5.69 Å². The Balaban J connectivity index is 1.69. The van der Waals surface area contributed by atoms with Gasteiger partial charge in [-0.1, -0.05) is 25.0 Å². The fourth-order valence-corrected chi connectivity index (χ4v) is 3.63. The van der Waals surface area contributed by atoms with Crippen molar-refractivity contribution in [2.45, 2.75) is 44.7 Å². The topological polar surface area (TPSA) is 29.3 Å². The lowest BCUT2D eigenvalue weighted by Crippen LogP contribution is -2.34. The summed E-state index contributed by atoms with van der Waals surface area (Å²) in [5, 5.41) is 0. The van der Waals surface area contributed by atoms with Gasteiger partial charge in [-0.05, 0) is 49.4 Å². The summed E-state index contributed by atoms with van der Waals surface area (Å²) in [5.41, 5.74) is 8.11. The van der Waals surface area contributed by atoms with E-state index in [1.807, 2.05) is 6.07 Å². The molecule has 3 rings (SSSR count). The standard InChI is InChI=1S/C15H22N2/c16-14-6-3-4-12(10-14)11-17-9-8-13-5-1-2-7-15(13)17/h3-4,6,10,13,15H,1-2,5,7-9,11,16H2. The van der Waals surface area contributed by atoms with Gasteiger partial charge in [-0.3, -0.25) is 4.90 Å². The lowest BCUT2D eigenvalue weighted by Gasteiger charge is -2.31. The molecule has 1 aromatic carbocycles. The Bertz CT molecular complexity index is 388. The molecule has 0 aromatic heterocycles. The Morgan fingerprint density at radius 1 is 1.18 bits per heavy atom. The molecule has 1 aromatic rings. The molecule has 1 aliphatic carbocycles. The average molecular weight is 230 g/mol. The number of nitrogens with zero attached hydrogens (tertiary/aromatic N) is 1. The van der Waals surface area contributed by atoms with Crippen molar-refractivity contribution in [3.05, 3.63) is 29.8 Å². The van der Waals surface area contributed by atoms with Crippen molar-refractivity contribution < 1.29 is 0 Å². The van der Waals surface area contributed by atoms with Gasteiger partial charge in [0.15, 0.2) is 0 Å². The lowest BCUT2D eigenvalue weighted by molar-refractivity contribution is 0.176. The van der Waals surface area contributed by atoms with Crippen LogP contribution in [-0.4, -0.2) is 17.5 Å². The fraction of sp³-hybridized carbons (Fsp3) is 0.600. The number of likely N-dealkylation sites (tertiary alicyclic amines) is 1. The Morgan fingerprint density at radius 3 is 2.94 bits per heavy atom. The summed E-state index contributed by atoms with van der Waals surface area (Å²) >= 11 is 0. The summed E-state index contributed by atoms with van der Waals surface area (Å²) in [6, 6.07) is 9.21. The Morgan fingerprint density at radius 2 is 2.06 bits per heavy atom. The first-order chi connectivity index (χ1) is 8.33. The van der Waals surface area contributed by atoms with Crippen molar-refractivity contribution in [2.24, 2.45) is 5.92 Å². The largest absolute Gasteiger partial charge is 0.399 e. The molecule has 0 amide bonds. The molecule has 2 aliphatic rings. The van der Waals surface area contributed by atoms with Gasteiger partial charge in [0, 0.05) is 18.3 Å². The van der Waals surface area contributed by atoms with E-state index in [9.17, 15) is 0 Å². The molecule has 2 N–H and O–H groups in total. The molecular formula is C15H22N2. The second-order valence-corrected chi connectivity index (χ2v) is 5.62. The number of hydrogen-bond donors (Lipinski definition) is 1. The minimum absolute atomic E-state index is 0.852. The van der Waals surface area contributed by atoms with Crippen molar-refractivity contribution in [1.82, 2.24) is 4.90 Å². The average Bonchev–Trinajstić information content (AvgIpc) is 2.73. The number of nitrogens with two attached hydrogens (primary N) is 1. The van der Waals surface area contributed by atoms with E-state index in [0.717, 1.165) is 24.2 Å². The Labute approximate surface area is 104 Å². The zero-order chi connectivity index (χ0) is 11.7. The van der Waals surface area contributed by atoms with Crippen LogP contribution in [0, 0.1) is 5.92 Å². The predicted molar refractivity (Wildman–Crippen MR) is 71.6 cm³/mol. The van der Waals surface area contributed by atoms with Crippen LogP contribution in [0.15, 0.2) is 24.3 Å². The minimum Gasteiger partial charge on any atom is -0.399 e. The zero-order valence-electron chi connectivity index (χ0n) is 10.4. The molecule has 2 nitrogen and oxygen atoms in total. The van der Waals surface area contributed by atoms with Gasteiger partial charge < -0.3 is 5.73 Å². The monoisotopic (exact) mass is 230 g/mol. The molecule has 92 valence electrons. The van der Waals surface area contributed by atoms with Crippen LogP contribution < -0.4 is 5.73 Å². The van der Waals surface area contributed by atoms with E-state index in [4.69, 9.17) is 5.73 Å². The van der Waals surface area contributed by atoms with Crippen molar-refractivity contribution in [2.75, 3.05) is 12.3 Å². The fourth-order valence-electron chi connectivity index (χ4n) is 3.63. The van der Waals surface area contributed by atoms with Gasteiger partial charge in [0.2, 0.25) is 0 Å². The number of nitrogen functional groups attached to an aromatic ring is 1. The molecule has 1 heterocycles. The molecule has 2 atom stereocenters. The van der Waals surface area contributed by atoms with Gasteiger partial charge in [-0.25, -0.2) is 0 Å². The van der Waals surface area contributed by atoms with Crippen LogP contribution in [0.1, 0.15) is 37.7 Å². The quantitative estimate of drug-likeness (QED) is 0.791. The molecular weight excluding hydrogens is 208 g/mol. The second kappa shape index (κ2) is 4.69. The molecule has 1 saturated heterocycles. The van der Waals surface area contributed by atoms with E-state index < -0.39 is 0 Å². The SMILES string of the molecule is Nc1cccc(CN2CCC3CCCCC32)c1. The first kappa shape index (κ1) is 11.1. The van der Waals surface area contributed by atoms with Crippen molar-refractivity contribution >= 4 is 5.69 Å². The molecule has 17 heavy (non-hydrogen) atoms. The van der Waals surface area contributed by atoms with Gasteiger partial charge in [0.05, 0.1) is 0 Å².